The summed E-state index contributed by atoms with van der Waals surface area (Å²) in [6.07, 6.45) is 3.11. The van der Waals surface area contributed by atoms with Gasteiger partial charge in [0.05, 0.1) is 5.69 Å². The zero-order valence-electron chi connectivity index (χ0n) is 7.48. The number of aliphatic carboxylic acids is 1. The first-order valence-corrected chi connectivity index (χ1v) is 3.71. The number of aryl methyl sites for hydroxylation is 2. The molecule has 0 spiro atoms. The van der Waals surface area contributed by atoms with E-state index in [0.29, 0.717) is 0 Å². The molecule has 0 saturated carbocycles. The number of carboxylic acids is 1. The summed E-state index contributed by atoms with van der Waals surface area (Å²) in [7, 11) is 1.77. The Morgan fingerprint density at radius 2 is 2.38 bits per heavy atom. The SMILES string of the molecule is Cc1nn(C)cc1/C=C(/N)C(=O)O. The van der Waals surface area contributed by atoms with Crippen molar-refractivity contribution in [1.82, 2.24) is 9.78 Å². The second-order valence-corrected chi connectivity index (χ2v) is 2.75. The van der Waals surface area contributed by atoms with E-state index in [1.807, 2.05) is 0 Å². The van der Waals surface area contributed by atoms with Crippen LogP contribution in [-0.4, -0.2) is 20.9 Å². The minimum absolute atomic E-state index is 0.184. The van der Waals surface area contributed by atoms with Gasteiger partial charge in [-0.2, -0.15) is 5.10 Å². The Bertz CT molecular complexity index is 365. The lowest BCUT2D eigenvalue weighted by atomic mass is 10.2. The van der Waals surface area contributed by atoms with Crippen molar-refractivity contribution in [2.75, 3.05) is 0 Å². The molecule has 1 aromatic heterocycles. The van der Waals surface area contributed by atoms with Crippen molar-refractivity contribution < 1.29 is 9.90 Å². The molecule has 0 aliphatic carbocycles. The summed E-state index contributed by atoms with van der Waals surface area (Å²) in [4.78, 5) is 10.4. The molecule has 0 radical (unpaired) electrons. The van der Waals surface area contributed by atoms with Crippen molar-refractivity contribution >= 4 is 12.0 Å². The first kappa shape index (κ1) is 9.31. The van der Waals surface area contributed by atoms with E-state index in [4.69, 9.17) is 10.8 Å². The highest BCUT2D eigenvalue weighted by atomic mass is 16.4. The number of hydrogen-bond donors (Lipinski definition) is 2. The van der Waals surface area contributed by atoms with Crippen LogP contribution in [0.3, 0.4) is 0 Å². The quantitative estimate of drug-likeness (QED) is 0.634. The summed E-state index contributed by atoms with van der Waals surface area (Å²) < 4.78 is 1.61. The van der Waals surface area contributed by atoms with E-state index in [-0.39, 0.29) is 5.70 Å². The molecule has 0 unspecified atom stereocenters. The largest absolute Gasteiger partial charge is 0.477 e. The highest BCUT2D eigenvalue weighted by Gasteiger charge is 2.04. The monoisotopic (exact) mass is 181 g/mol. The second kappa shape index (κ2) is 3.30. The summed E-state index contributed by atoms with van der Waals surface area (Å²) in [5.41, 5.74) is 6.55. The summed E-state index contributed by atoms with van der Waals surface area (Å²) in [6.45, 7) is 1.79. The van der Waals surface area contributed by atoms with Crippen LogP contribution in [0.2, 0.25) is 0 Å². The number of carboxylic acid groups (broad SMARTS) is 1. The van der Waals surface area contributed by atoms with E-state index in [1.54, 1.807) is 24.9 Å². The van der Waals surface area contributed by atoms with Crippen molar-refractivity contribution in [3.05, 3.63) is 23.2 Å². The fourth-order valence-electron chi connectivity index (χ4n) is 0.989. The first-order chi connectivity index (χ1) is 6.00. The van der Waals surface area contributed by atoms with Crippen LogP contribution in [0.1, 0.15) is 11.3 Å². The average Bonchev–Trinajstić information content (AvgIpc) is 2.30. The highest BCUT2D eigenvalue weighted by molar-refractivity contribution is 5.91. The van der Waals surface area contributed by atoms with Crippen molar-refractivity contribution in [3.8, 4) is 0 Å². The maximum Gasteiger partial charge on any atom is 0.351 e. The third kappa shape index (κ3) is 2.08. The Morgan fingerprint density at radius 1 is 1.77 bits per heavy atom. The molecular formula is C8H11N3O2. The molecule has 0 aliphatic rings. The number of rotatable bonds is 2. The number of hydrogen-bond acceptors (Lipinski definition) is 3. The molecule has 0 bridgehead atoms. The topological polar surface area (TPSA) is 81.1 Å². The van der Waals surface area contributed by atoms with E-state index in [9.17, 15) is 4.79 Å². The van der Waals surface area contributed by atoms with Crippen molar-refractivity contribution in [2.24, 2.45) is 12.8 Å². The van der Waals surface area contributed by atoms with E-state index in [0.717, 1.165) is 11.3 Å². The summed E-state index contributed by atoms with van der Waals surface area (Å²) >= 11 is 0. The molecule has 5 heteroatoms. The maximum atomic E-state index is 10.4. The predicted molar refractivity (Wildman–Crippen MR) is 47.7 cm³/mol. The van der Waals surface area contributed by atoms with Gasteiger partial charge in [-0.3, -0.25) is 4.68 Å². The molecule has 0 amide bonds. The van der Waals surface area contributed by atoms with Gasteiger partial charge in [0.2, 0.25) is 0 Å². The van der Waals surface area contributed by atoms with Crippen molar-refractivity contribution in [3.63, 3.8) is 0 Å². The van der Waals surface area contributed by atoms with Gasteiger partial charge < -0.3 is 10.8 Å². The van der Waals surface area contributed by atoms with Gasteiger partial charge in [-0.1, -0.05) is 0 Å². The predicted octanol–water partition coefficient (Wildman–Crippen LogP) is 0.113. The molecule has 0 aromatic carbocycles. The molecule has 70 valence electrons. The summed E-state index contributed by atoms with van der Waals surface area (Å²) in [6, 6.07) is 0. The minimum Gasteiger partial charge on any atom is -0.477 e. The molecule has 0 fully saturated rings. The number of nitrogens with two attached hydrogens (primary N) is 1. The van der Waals surface area contributed by atoms with Gasteiger partial charge in [-0.15, -0.1) is 0 Å². The lowest BCUT2D eigenvalue weighted by molar-refractivity contribution is -0.132. The molecule has 3 N–H and O–H groups in total. The maximum absolute atomic E-state index is 10.4. The van der Waals surface area contributed by atoms with Crippen LogP contribution in [0, 0.1) is 6.92 Å². The van der Waals surface area contributed by atoms with Crippen LogP contribution in [0.4, 0.5) is 0 Å². The summed E-state index contributed by atoms with van der Waals surface area (Å²) in [5, 5.41) is 12.6. The zero-order chi connectivity index (χ0) is 10.0. The Morgan fingerprint density at radius 3 is 2.77 bits per heavy atom. The zero-order valence-corrected chi connectivity index (χ0v) is 7.48. The van der Waals surface area contributed by atoms with Crippen LogP contribution < -0.4 is 5.73 Å². The molecular weight excluding hydrogens is 170 g/mol. The van der Waals surface area contributed by atoms with Gasteiger partial charge in [0.25, 0.3) is 0 Å². The normalized spacial score (nSPS) is 11.7. The van der Waals surface area contributed by atoms with Crippen LogP contribution in [0.15, 0.2) is 11.9 Å². The minimum atomic E-state index is -1.12. The lowest BCUT2D eigenvalue weighted by Crippen LogP contribution is -2.09. The first-order valence-electron chi connectivity index (χ1n) is 3.71. The third-order valence-electron chi connectivity index (χ3n) is 1.61. The van der Waals surface area contributed by atoms with Gasteiger partial charge >= 0.3 is 5.97 Å². The van der Waals surface area contributed by atoms with E-state index in [2.05, 4.69) is 5.10 Å². The van der Waals surface area contributed by atoms with Crippen LogP contribution >= 0.6 is 0 Å². The Kier molecular flexibility index (Phi) is 2.36. The second-order valence-electron chi connectivity index (χ2n) is 2.75. The molecule has 13 heavy (non-hydrogen) atoms. The Hall–Kier alpha value is -1.78. The van der Waals surface area contributed by atoms with Gasteiger partial charge in [-0.25, -0.2) is 4.79 Å². The van der Waals surface area contributed by atoms with Crippen LogP contribution in [0.5, 0.6) is 0 Å². The van der Waals surface area contributed by atoms with Crippen molar-refractivity contribution in [1.29, 1.82) is 0 Å². The molecule has 5 nitrogen and oxygen atoms in total. The van der Waals surface area contributed by atoms with Gasteiger partial charge in [0, 0.05) is 18.8 Å². The molecule has 1 aromatic rings. The number of carbonyl (C=O) groups is 1. The third-order valence-corrected chi connectivity index (χ3v) is 1.61. The number of aromatic nitrogens is 2. The lowest BCUT2D eigenvalue weighted by Gasteiger charge is -1.91. The fourth-order valence-corrected chi connectivity index (χ4v) is 0.989. The van der Waals surface area contributed by atoms with Crippen LogP contribution in [-0.2, 0) is 11.8 Å². The molecule has 1 heterocycles. The number of nitrogens with zero attached hydrogens (tertiary/aromatic N) is 2. The molecule has 0 atom stereocenters. The van der Waals surface area contributed by atoms with E-state index >= 15 is 0 Å². The van der Waals surface area contributed by atoms with E-state index < -0.39 is 5.97 Å². The smallest absolute Gasteiger partial charge is 0.351 e. The van der Waals surface area contributed by atoms with Gasteiger partial charge in [-0.05, 0) is 13.0 Å². The molecule has 0 aliphatic heterocycles. The fraction of sp³-hybridized carbons (Fsp3) is 0.250. The van der Waals surface area contributed by atoms with Gasteiger partial charge in [0.1, 0.15) is 5.70 Å². The van der Waals surface area contributed by atoms with E-state index in [1.165, 1.54) is 6.08 Å². The van der Waals surface area contributed by atoms with Gasteiger partial charge in [0.15, 0.2) is 0 Å². The standard InChI is InChI=1S/C8H11N3O2/c1-5-6(4-11(2)10-5)3-7(9)8(12)13/h3-4H,9H2,1-2H3,(H,12,13)/b7-3+. The molecule has 0 saturated heterocycles. The Balaban J connectivity index is 3.03. The van der Waals surface area contributed by atoms with Crippen LogP contribution in [0.25, 0.3) is 6.08 Å². The highest BCUT2D eigenvalue weighted by Crippen LogP contribution is 2.08. The molecule has 1 rings (SSSR count). The average molecular weight is 181 g/mol. The Labute approximate surface area is 75.5 Å². The summed E-state index contributed by atoms with van der Waals surface area (Å²) in [5.74, 6) is -1.12. The van der Waals surface area contributed by atoms with Crippen molar-refractivity contribution in [2.45, 2.75) is 6.92 Å².